The van der Waals surface area contributed by atoms with Crippen LogP contribution in [0.15, 0.2) is 121 Å². The van der Waals surface area contributed by atoms with Crippen molar-refractivity contribution in [2.24, 2.45) is 0 Å². The van der Waals surface area contributed by atoms with Crippen molar-refractivity contribution in [2.75, 3.05) is 0 Å². The van der Waals surface area contributed by atoms with Crippen LogP contribution in [0.5, 0.6) is 23.0 Å². The normalized spacial score (nSPS) is 13.7. The van der Waals surface area contributed by atoms with Gasteiger partial charge < -0.3 is 0 Å². The summed E-state index contributed by atoms with van der Waals surface area (Å²) < 4.78 is 28.4. The Balaban J connectivity index is 1.45. The quantitative estimate of drug-likeness (QED) is 0.131. The van der Waals surface area contributed by atoms with Crippen molar-refractivity contribution in [1.29, 1.82) is 0 Å². The third-order valence-electron chi connectivity index (χ3n) is 14.1. The SMILES string of the molecule is CC(C)(C)c1ccc(OP(Oc2ccc(C(C)(C)C)cc2C(C)(C)C)c2ccc(-c3ccc([PH](O)(Oc4ccc(C(C)(C)C)cc4C(C)(C)C)Oc4ccc(C(C)(C)C)cc4C(C)(C)C)cc3)cc2)c(C(C)(C)C)c1. The van der Waals surface area contributed by atoms with Crippen molar-refractivity contribution in [3.63, 3.8) is 0 Å². The third-order valence-corrected chi connectivity index (χ3v) is 17.6. The summed E-state index contributed by atoms with van der Waals surface area (Å²) in [5, 5.41) is 1.56. The van der Waals surface area contributed by atoms with Gasteiger partial charge in [-0.15, -0.1) is 0 Å². The molecule has 0 heterocycles. The van der Waals surface area contributed by atoms with E-state index in [0.717, 1.165) is 50.2 Å². The first-order valence-corrected chi connectivity index (χ1v) is 30.1. The molecular formula is C68H94O5P2. The van der Waals surface area contributed by atoms with Crippen LogP contribution in [-0.2, 0) is 43.3 Å². The second-order valence-corrected chi connectivity index (χ2v) is 32.7. The van der Waals surface area contributed by atoms with Gasteiger partial charge in [0.2, 0.25) is 0 Å². The van der Waals surface area contributed by atoms with Crippen LogP contribution in [0.25, 0.3) is 11.1 Å². The van der Waals surface area contributed by atoms with Crippen molar-refractivity contribution in [2.45, 2.75) is 209 Å². The Morgan fingerprint density at radius 1 is 0.307 bits per heavy atom. The van der Waals surface area contributed by atoms with Gasteiger partial charge in [-0.2, -0.15) is 0 Å². The van der Waals surface area contributed by atoms with Crippen molar-refractivity contribution < 1.29 is 23.0 Å². The van der Waals surface area contributed by atoms with Gasteiger partial charge in [-0.25, -0.2) is 0 Å². The Labute approximate surface area is 457 Å². The van der Waals surface area contributed by atoms with Crippen LogP contribution in [0, 0.1) is 0 Å². The van der Waals surface area contributed by atoms with Gasteiger partial charge in [-0.1, -0.05) is 107 Å². The Bertz CT molecular complexity index is 2790. The number of hydrogen-bond donors (Lipinski definition) is 1. The van der Waals surface area contributed by atoms with Crippen molar-refractivity contribution in [3.05, 3.63) is 166 Å². The number of rotatable bonds is 11. The molecule has 5 nitrogen and oxygen atoms in total. The summed E-state index contributed by atoms with van der Waals surface area (Å²) in [6.07, 6.45) is 0. The molecule has 0 aliphatic heterocycles. The molecule has 6 aromatic rings. The van der Waals surface area contributed by atoms with Crippen LogP contribution in [0.3, 0.4) is 0 Å². The summed E-state index contributed by atoms with van der Waals surface area (Å²) in [5.74, 6) is 2.89. The summed E-state index contributed by atoms with van der Waals surface area (Å²) in [5.41, 5.74) is 10.2. The van der Waals surface area contributed by atoms with Crippen LogP contribution in [0.2, 0.25) is 0 Å². The fourth-order valence-electron chi connectivity index (χ4n) is 9.06. The fraction of sp³-hybridized carbons (Fsp3) is 0.471. The van der Waals surface area contributed by atoms with Gasteiger partial charge in [0.05, 0.1) is 0 Å². The second-order valence-electron chi connectivity index (χ2n) is 29.2. The van der Waals surface area contributed by atoms with Gasteiger partial charge in [0.25, 0.3) is 0 Å². The first-order chi connectivity index (χ1) is 34.1. The minimum atomic E-state index is -4.27. The molecule has 6 aromatic carbocycles. The standard InChI is InChI=1S/C68H94O5P2/c1-61(2,3)47-29-37-57(53(41-47)65(13,14)15)70-74(71-58-38-30-48(62(4,5)6)42-54(58)66(16,17)18)51-33-25-45(26-34-51)46-27-35-52(36-28-46)75(69,72-59-39-31-49(63(7,8)9)43-55(59)67(19,20)21)73-60-40-32-50(64(10,11)12)44-56(60)68(22,23)24/h25-44,69,75H,1-24H3. The molecule has 6 rings (SSSR count). The first kappa shape index (κ1) is 59.6. The maximum absolute atomic E-state index is 13.2. The topological polar surface area (TPSA) is 57.2 Å². The van der Waals surface area contributed by atoms with Gasteiger partial charge in [0, 0.05) is 0 Å². The number of hydrogen-bond acceptors (Lipinski definition) is 5. The van der Waals surface area contributed by atoms with E-state index in [1.54, 1.807) is 0 Å². The van der Waals surface area contributed by atoms with Gasteiger partial charge in [-0.3, -0.25) is 0 Å². The van der Waals surface area contributed by atoms with E-state index in [4.69, 9.17) is 18.1 Å². The van der Waals surface area contributed by atoms with Gasteiger partial charge in [0.15, 0.2) is 0 Å². The van der Waals surface area contributed by atoms with Crippen LogP contribution < -0.4 is 28.7 Å². The number of benzene rings is 6. The Morgan fingerprint density at radius 2 is 0.560 bits per heavy atom. The van der Waals surface area contributed by atoms with E-state index < -0.39 is 16.3 Å². The molecule has 0 atom stereocenters. The molecule has 0 aromatic heterocycles. The zero-order chi connectivity index (χ0) is 56.3. The summed E-state index contributed by atoms with van der Waals surface area (Å²) >= 11 is 0. The van der Waals surface area contributed by atoms with Crippen molar-refractivity contribution in [3.8, 4) is 34.1 Å². The van der Waals surface area contributed by atoms with Crippen molar-refractivity contribution in [1.82, 2.24) is 0 Å². The van der Waals surface area contributed by atoms with E-state index in [2.05, 4.69) is 263 Å². The molecule has 7 heteroatoms. The average Bonchev–Trinajstić information content (AvgIpc) is 3.26. The Kier molecular flexibility index (Phi) is 16.6. The van der Waals surface area contributed by atoms with Crippen LogP contribution in [-0.4, -0.2) is 4.89 Å². The molecule has 1 N–H and O–H groups in total. The molecular weight excluding hydrogens is 959 g/mol. The Morgan fingerprint density at radius 3 is 0.827 bits per heavy atom. The summed E-state index contributed by atoms with van der Waals surface area (Å²) in [7, 11) is -5.93. The van der Waals surface area contributed by atoms with Crippen molar-refractivity contribution >= 4 is 26.9 Å². The summed E-state index contributed by atoms with van der Waals surface area (Å²) in [4.78, 5) is 13.2. The third kappa shape index (κ3) is 14.5. The van der Waals surface area contributed by atoms with E-state index in [0.29, 0.717) is 16.8 Å². The van der Waals surface area contributed by atoms with Crippen LogP contribution in [0.1, 0.15) is 211 Å². The predicted molar refractivity (Wildman–Crippen MR) is 326 cm³/mol. The molecule has 75 heavy (non-hydrogen) atoms. The second kappa shape index (κ2) is 20.9. The van der Waals surface area contributed by atoms with E-state index >= 15 is 0 Å². The molecule has 0 spiro atoms. The zero-order valence-corrected chi connectivity index (χ0v) is 52.5. The predicted octanol–water partition coefficient (Wildman–Crippen LogP) is 19.1. The molecule has 0 fully saturated rings. The molecule has 0 radical (unpaired) electrons. The molecule has 0 aliphatic carbocycles. The van der Waals surface area contributed by atoms with Gasteiger partial charge >= 0.3 is 319 Å². The molecule has 0 aliphatic rings. The van der Waals surface area contributed by atoms with Gasteiger partial charge in [0.1, 0.15) is 0 Å². The fourth-order valence-corrected chi connectivity index (χ4v) is 12.2. The minimum absolute atomic E-state index is 0.0204. The van der Waals surface area contributed by atoms with E-state index in [1.165, 1.54) is 22.3 Å². The molecule has 0 saturated carbocycles. The Hall–Kier alpha value is -4.66. The molecule has 0 saturated heterocycles. The summed E-state index contributed by atoms with van der Waals surface area (Å²) in [6, 6.07) is 42.6. The minimum Gasteiger partial charge on any atom is -0.0559 e. The monoisotopic (exact) mass is 1050 g/mol. The van der Waals surface area contributed by atoms with E-state index in [9.17, 15) is 4.89 Å². The van der Waals surface area contributed by atoms with E-state index in [-0.39, 0.29) is 43.3 Å². The zero-order valence-electron chi connectivity index (χ0n) is 50.6. The molecule has 0 amide bonds. The maximum atomic E-state index is 13.2. The molecule has 406 valence electrons. The first-order valence-electron chi connectivity index (χ1n) is 27.1. The average molecular weight is 1050 g/mol. The van der Waals surface area contributed by atoms with Crippen LogP contribution >= 0.6 is 16.3 Å². The van der Waals surface area contributed by atoms with E-state index in [1.807, 2.05) is 24.3 Å². The smallest absolute Gasteiger partial charge is 0.0559 e. The van der Waals surface area contributed by atoms with Gasteiger partial charge in [-0.05, 0) is 32.8 Å². The molecule has 0 bridgehead atoms. The van der Waals surface area contributed by atoms with Crippen LogP contribution in [0.4, 0.5) is 0 Å². The summed E-state index contributed by atoms with van der Waals surface area (Å²) in [6.45, 7) is 53.5. The molecule has 0 unspecified atom stereocenters.